The Kier molecular flexibility index (Phi) is 6.28. The standard InChI is InChI=1S/C16H14IN3O5/c1-2-25-14-8-10(7-13(17)15(14)21)9-18-19-16(22)11-3-5-12(6-4-11)20(23)24/h3-9,21H,2H2,1H3,(H,19,22)/b18-9-. The normalized spacial score (nSPS) is 10.6. The summed E-state index contributed by atoms with van der Waals surface area (Å²) in [6.45, 7) is 2.21. The highest BCUT2D eigenvalue weighted by molar-refractivity contribution is 14.1. The second kappa shape index (κ2) is 8.42. The minimum atomic E-state index is -0.539. The first-order valence-corrected chi connectivity index (χ1v) is 8.23. The van der Waals surface area contributed by atoms with Gasteiger partial charge in [0, 0.05) is 17.7 Å². The number of amides is 1. The predicted molar refractivity (Wildman–Crippen MR) is 100 cm³/mol. The highest BCUT2D eigenvalue weighted by Gasteiger charge is 2.10. The van der Waals surface area contributed by atoms with Crippen LogP contribution in [0.15, 0.2) is 41.5 Å². The van der Waals surface area contributed by atoms with Crippen LogP contribution in [0.25, 0.3) is 0 Å². The van der Waals surface area contributed by atoms with E-state index >= 15 is 0 Å². The van der Waals surface area contributed by atoms with Gasteiger partial charge in [-0.1, -0.05) is 0 Å². The van der Waals surface area contributed by atoms with Gasteiger partial charge in [0.05, 0.1) is 21.3 Å². The fourth-order valence-corrected chi connectivity index (χ4v) is 2.52. The Bertz CT molecular complexity index is 821. The number of ether oxygens (including phenoxy) is 1. The van der Waals surface area contributed by atoms with Crippen molar-refractivity contribution >= 4 is 40.4 Å². The van der Waals surface area contributed by atoms with Crippen LogP contribution >= 0.6 is 22.6 Å². The van der Waals surface area contributed by atoms with E-state index in [9.17, 15) is 20.0 Å². The molecule has 8 nitrogen and oxygen atoms in total. The molecule has 0 unspecified atom stereocenters. The van der Waals surface area contributed by atoms with Gasteiger partial charge in [-0.3, -0.25) is 14.9 Å². The van der Waals surface area contributed by atoms with Crippen molar-refractivity contribution in [2.75, 3.05) is 6.61 Å². The van der Waals surface area contributed by atoms with Gasteiger partial charge in [-0.05, 0) is 59.3 Å². The van der Waals surface area contributed by atoms with E-state index in [1.807, 2.05) is 22.6 Å². The molecule has 0 heterocycles. The van der Waals surface area contributed by atoms with Crippen LogP contribution in [-0.4, -0.2) is 28.8 Å². The average molecular weight is 455 g/mol. The van der Waals surface area contributed by atoms with E-state index < -0.39 is 10.8 Å². The third kappa shape index (κ3) is 4.89. The second-order valence-electron chi connectivity index (χ2n) is 4.79. The van der Waals surface area contributed by atoms with Gasteiger partial charge in [0.15, 0.2) is 11.5 Å². The number of nitrogens with one attached hydrogen (secondary N) is 1. The Morgan fingerprint density at radius 1 is 1.40 bits per heavy atom. The van der Waals surface area contributed by atoms with Crippen molar-refractivity contribution in [3.63, 3.8) is 0 Å². The monoisotopic (exact) mass is 455 g/mol. The molecule has 2 aromatic carbocycles. The number of halogens is 1. The number of hydrogen-bond acceptors (Lipinski definition) is 6. The third-order valence-corrected chi connectivity index (χ3v) is 3.89. The number of hydrazone groups is 1. The van der Waals surface area contributed by atoms with Gasteiger partial charge < -0.3 is 9.84 Å². The Morgan fingerprint density at radius 3 is 2.68 bits per heavy atom. The number of carbonyl (C=O) groups excluding carboxylic acids is 1. The van der Waals surface area contributed by atoms with Crippen LogP contribution in [0.4, 0.5) is 5.69 Å². The number of non-ortho nitro benzene ring substituents is 1. The van der Waals surface area contributed by atoms with Gasteiger partial charge in [-0.2, -0.15) is 5.10 Å². The van der Waals surface area contributed by atoms with Crippen molar-refractivity contribution in [3.8, 4) is 11.5 Å². The molecule has 1 amide bonds. The summed E-state index contributed by atoms with van der Waals surface area (Å²) in [5.74, 6) is -0.114. The molecular weight excluding hydrogens is 441 g/mol. The molecule has 2 rings (SSSR count). The van der Waals surface area contributed by atoms with E-state index in [0.29, 0.717) is 21.5 Å². The fraction of sp³-hybridized carbons (Fsp3) is 0.125. The third-order valence-electron chi connectivity index (χ3n) is 3.07. The number of carbonyl (C=O) groups is 1. The average Bonchev–Trinajstić information content (AvgIpc) is 2.59. The molecule has 9 heteroatoms. The van der Waals surface area contributed by atoms with Crippen molar-refractivity contribution in [3.05, 3.63) is 61.2 Å². The van der Waals surface area contributed by atoms with E-state index in [4.69, 9.17) is 4.74 Å². The highest BCUT2D eigenvalue weighted by atomic mass is 127. The molecule has 2 aromatic rings. The number of phenolic OH excluding ortho intramolecular Hbond substituents is 1. The summed E-state index contributed by atoms with van der Waals surface area (Å²) in [6, 6.07) is 8.46. The fourth-order valence-electron chi connectivity index (χ4n) is 1.90. The summed E-state index contributed by atoms with van der Waals surface area (Å²) in [5.41, 5.74) is 3.12. The lowest BCUT2D eigenvalue weighted by Gasteiger charge is -2.08. The molecule has 0 aliphatic carbocycles. The number of hydrogen-bond donors (Lipinski definition) is 2. The maximum Gasteiger partial charge on any atom is 0.271 e. The first-order chi connectivity index (χ1) is 11.9. The number of nitrogens with zero attached hydrogens (tertiary/aromatic N) is 2. The van der Waals surface area contributed by atoms with Gasteiger partial charge in [-0.15, -0.1) is 0 Å². The maximum atomic E-state index is 11.9. The number of aromatic hydroxyl groups is 1. The lowest BCUT2D eigenvalue weighted by Crippen LogP contribution is -2.17. The molecule has 0 radical (unpaired) electrons. The molecule has 0 spiro atoms. The molecular formula is C16H14IN3O5. The van der Waals surface area contributed by atoms with E-state index in [-0.39, 0.29) is 17.0 Å². The molecule has 0 saturated heterocycles. The molecule has 0 bridgehead atoms. The smallest absolute Gasteiger partial charge is 0.271 e. The lowest BCUT2D eigenvalue weighted by atomic mass is 10.2. The Morgan fingerprint density at radius 2 is 2.08 bits per heavy atom. The SMILES string of the molecule is CCOc1cc(/C=N\NC(=O)c2ccc([N+](=O)[O-])cc2)cc(I)c1O. The molecule has 0 aliphatic rings. The number of benzene rings is 2. The first-order valence-electron chi connectivity index (χ1n) is 7.15. The van der Waals surface area contributed by atoms with Crippen LogP contribution < -0.4 is 10.2 Å². The van der Waals surface area contributed by atoms with E-state index in [2.05, 4.69) is 10.5 Å². The molecule has 130 valence electrons. The summed E-state index contributed by atoms with van der Waals surface area (Å²) in [4.78, 5) is 22.0. The molecule has 0 aliphatic heterocycles. The van der Waals surface area contributed by atoms with Crippen LogP contribution in [0, 0.1) is 13.7 Å². The molecule has 0 saturated carbocycles. The number of rotatable bonds is 6. The molecule has 0 atom stereocenters. The van der Waals surface area contributed by atoms with Crippen LogP contribution in [0.1, 0.15) is 22.8 Å². The Balaban J connectivity index is 2.07. The zero-order valence-corrected chi connectivity index (χ0v) is 15.3. The largest absolute Gasteiger partial charge is 0.504 e. The molecule has 0 fully saturated rings. The van der Waals surface area contributed by atoms with Crippen molar-refractivity contribution in [2.45, 2.75) is 6.92 Å². The minimum absolute atomic E-state index is 0.0505. The van der Waals surface area contributed by atoms with Crippen molar-refractivity contribution in [1.29, 1.82) is 0 Å². The second-order valence-corrected chi connectivity index (χ2v) is 5.95. The summed E-state index contributed by atoms with van der Waals surface area (Å²) in [5, 5.41) is 24.3. The number of nitro groups is 1. The number of phenols is 1. The van der Waals surface area contributed by atoms with Crippen molar-refractivity contribution in [2.24, 2.45) is 5.10 Å². The van der Waals surface area contributed by atoms with Gasteiger partial charge >= 0.3 is 0 Å². The molecule has 2 N–H and O–H groups in total. The minimum Gasteiger partial charge on any atom is -0.504 e. The highest BCUT2D eigenvalue weighted by Crippen LogP contribution is 2.32. The summed E-state index contributed by atoms with van der Waals surface area (Å²) < 4.78 is 5.92. The van der Waals surface area contributed by atoms with Crippen LogP contribution in [-0.2, 0) is 0 Å². The maximum absolute atomic E-state index is 11.9. The Hall–Kier alpha value is -2.69. The topological polar surface area (TPSA) is 114 Å². The van der Waals surface area contributed by atoms with E-state index in [1.165, 1.54) is 30.5 Å². The summed E-state index contributed by atoms with van der Waals surface area (Å²) in [6.07, 6.45) is 1.41. The summed E-state index contributed by atoms with van der Waals surface area (Å²) >= 11 is 1.96. The quantitative estimate of drug-likeness (QED) is 0.301. The zero-order valence-electron chi connectivity index (χ0n) is 13.1. The van der Waals surface area contributed by atoms with E-state index in [1.54, 1.807) is 19.1 Å². The number of nitro benzene ring substituents is 1. The van der Waals surface area contributed by atoms with Gasteiger partial charge in [0.1, 0.15) is 0 Å². The van der Waals surface area contributed by atoms with Crippen LogP contribution in [0.5, 0.6) is 11.5 Å². The van der Waals surface area contributed by atoms with E-state index in [0.717, 1.165) is 0 Å². The Labute approximate surface area is 156 Å². The lowest BCUT2D eigenvalue weighted by molar-refractivity contribution is -0.384. The molecule has 25 heavy (non-hydrogen) atoms. The van der Waals surface area contributed by atoms with Gasteiger partial charge in [0.2, 0.25) is 0 Å². The zero-order chi connectivity index (χ0) is 18.4. The predicted octanol–water partition coefficient (Wildman–Crippen LogP) is 3.07. The van der Waals surface area contributed by atoms with Gasteiger partial charge in [0.25, 0.3) is 11.6 Å². The summed E-state index contributed by atoms with van der Waals surface area (Å²) in [7, 11) is 0. The van der Waals surface area contributed by atoms with Crippen molar-refractivity contribution in [1.82, 2.24) is 5.43 Å². The van der Waals surface area contributed by atoms with Gasteiger partial charge in [-0.25, -0.2) is 5.43 Å². The first kappa shape index (κ1) is 18.6. The molecule has 0 aromatic heterocycles. The van der Waals surface area contributed by atoms with Crippen molar-refractivity contribution < 1.29 is 19.6 Å². The van der Waals surface area contributed by atoms with Crippen LogP contribution in [0.3, 0.4) is 0 Å². The van der Waals surface area contributed by atoms with Crippen LogP contribution in [0.2, 0.25) is 0 Å².